The normalized spacial score (nSPS) is 12.7. The molecule has 0 aromatic heterocycles. The van der Waals surface area contributed by atoms with Crippen molar-refractivity contribution in [3.8, 4) is 0 Å². The number of rotatable bonds is 28. The van der Waals surface area contributed by atoms with Crippen LogP contribution in [0.15, 0.2) is 36.5 Å². The molecule has 0 spiro atoms. The Kier molecular flexibility index (Phi) is 28.3. The maximum absolute atomic E-state index is 12.5. The Morgan fingerprint density at radius 1 is 0.605 bits per heavy atom. The second-order valence-corrected chi connectivity index (χ2v) is 10.6. The molecule has 0 fully saturated rings. The molecule has 0 bridgehead atoms. The van der Waals surface area contributed by atoms with Crippen LogP contribution in [0.3, 0.4) is 0 Å². The lowest BCUT2D eigenvalue weighted by Gasteiger charge is -2.18. The first kappa shape index (κ1) is 36.2. The number of hydrogen-bond donors (Lipinski definition) is 1. The number of carboxylic acid groups (broad SMARTS) is 1. The molecule has 1 atom stereocenters. The van der Waals surface area contributed by atoms with E-state index in [1.54, 1.807) is 0 Å². The van der Waals surface area contributed by atoms with Gasteiger partial charge in [0.05, 0.1) is 0 Å². The molecule has 0 aliphatic heterocycles. The molecule has 0 amide bonds. The van der Waals surface area contributed by atoms with E-state index in [0.717, 1.165) is 83.5 Å². The Labute approximate surface area is 235 Å². The standard InChI is InChI=1S/C34H60O4/c1-3-5-7-9-11-12-13-14-15-16-17-18-19-21-27-31-34(37)38-32(28-24-20-10-8-6-4-2)29-25-22-23-26-30-33(35)36/h5,7,11-12,14-15,32H,3-4,6,8-10,13,16-31H2,1-2H3,(H,35,36)/b7-5-,12-11-,15-14-. The average molecular weight is 533 g/mol. The molecular formula is C34H60O4. The van der Waals surface area contributed by atoms with Crippen LogP contribution in [0.25, 0.3) is 0 Å². The summed E-state index contributed by atoms with van der Waals surface area (Å²) in [6, 6.07) is 0. The van der Waals surface area contributed by atoms with Gasteiger partial charge in [-0.1, -0.05) is 115 Å². The lowest BCUT2D eigenvalue weighted by Crippen LogP contribution is -2.18. The number of unbranched alkanes of at least 4 members (excludes halogenated alkanes) is 13. The smallest absolute Gasteiger partial charge is 0.306 e. The molecule has 0 saturated heterocycles. The van der Waals surface area contributed by atoms with Gasteiger partial charge in [0.15, 0.2) is 0 Å². The van der Waals surface area contributed by atoms with Crippen LogP contribution in [0, 0.1) is 0 Å². The second kappa shape index (κ2) is 29.7. The van der Waals surface area contributed by atoms with Crippen molar-refractivity contribution in [3.63, 3.8) is 0 Å². The molecule has 0 aliphatic rings. The molecule has 0 radical (unpaired) electrons. The number of carbonyl (C=O) groups excluding carboxylic acids is 1. The van der Waals surface area contributed by atoms with Crippen molar-refractivity contribution in [2.75, 3.05) is 0 Å². The summed E-state index contributed by atoms with van der Waals surface area (Å²) in [6.45, 7) is 4.39. The van der Waals surface area contributed by atoms with E-state index in [1.807, 2.05) is 0 Å². The van der Waals surface area contributed by atoms with Gasteiger partial charge in [-0.05, 0) is 70.6 Å². The minimum atomic E-state index is -0.716. The highest BCUT2D eigenvalue weighted by molar-refractivity contribution is 5.69. The summed E-state index contributed by atoms with van der Waals surface area (Å²) >= 11 is 0. The summed E-state index contributed by atoms with van der Waals surface area (Å²) in [5, 5.41) is 8.77. The van der Waals surface area contributed by atoms with Crippen molar-refractivity contribution in [2.24, 2.45) is 0 Å². The summed E-state index contributed by atoms with van der Waals surface area (Å²) in [7, 11) is 0. The van der Waals surface area contributed by atoms with E-state index in [0.29, 0.717) is 6.42 Å². The topological polar surface area (TPSA) is 63.6 Å². The van der Waals surface area contributed by atoms with E-state index >= 15 is 0 Å². The lowest BCUT2D eigenvalue weighted by atomic mass is 10.0. The van der Waals surface area contributed by atoms with Gasteiger partial charge in [0.25, 0.3) is 0 Å². The van der Waals surface area contributed by atoms with Crippen LogP contribution in [0.4, 0.5) is 0 Å². The van der Waals surface area contributed by atoms with Gasteiger partial charge < -0.3 is 9.84 Å². The molecule has 0 aliphatic carbocycles. The van der Waals surface area contributed by atoms with E-state index in [1.165, 1.54) is 51.4 Å². The van der Waals surface area contributed by atoms with Gasteiger partial charge in [0.1, 0.15) is 6.10 Å². The van der Waals surface area contributed by atoms with Crippen molar-refractivity contribution in [1.29, 1.82) is 0 Å². The molecule has 220 valence electrons. The summed E-state index contributed by atoms with van der Waals surface area (Å²) in [4.78, 5) is 23.1. The number of aliphatic carboxylic acids is 1. The zero-order chi connectivity index (χ0) is 27.9. The van der Waals surface area contributed by atoms with Crippen LogP contribution in [-0.4, -0.2) is 23.1 Å². The Bertz CT molecular complexity index is 620. The third-order valence-electron chi connectivity index (χ3n) is 6.88. The molecule has 0 aromatic carbocycles. The Morgan fingerprint density at radius 2 is 1.11 bits per heavy atom. The van der Waals surface area contributed by atoms with Gasteiger partial charge in [-0.15, -0.1) is 0 Å². The molecular weight excluding hydrogens is 472 g/mol. The third kappa shape index (κ3) is 28.7. The van der Waals surface area contributed by atoms with Crippen molar-refractivity contribution >= 4 is 11.9 Å². The number of allylic oxidation sites excluding steroid dienone is 6. The summed E-state index contributed by atoms with van der Waals surface area (Å²) in [5.41, 5.74) is 0. The van der Waals surface area contributed by atoms with Gasteiger partial charge in [-0.25, -0.2) is 0 Å². The van der Waals surface area contributed by atoms with Gasteiger partial charge in [-0.2, -0.15) is 0 Å². The molecule has 1 unspecified atom stereocenters. The first-order valence-electron chi connectivity index (χ1n) is 16.0. The highest BCUT2D eigenvalue weighted by Crippen LogP contribution is 2.18. The van der Waals surface area contributed by atoms with E-state index in [-0.39, 0.29) is 18.5 Å². The van der Waals surface area contributed by atoms with Crippen molar-refractivity contribution in [3.05, 3.63) is 36.5 Å². The molecule has 38 heavy (non-hydrogen) atoms. The minimum Gasteiger partial charge on any atom is -0.481 e. The van der Waals surface area contributed by atoms with Crippen LogP contribution in [0.1, 0.15) is 162 Å². The largest absolute Gasteiger partial charge is 0.481 e. The van der Waals surface area contributed by atoms with Crippen LogP contribution >= 0.6 is 0 Å². The maximum Gasteiger partial charge on any atom is 0.306 e. The molecule has 0 heterocycles. The fourth-order valence-electron chi connectivity index (χ4n) is 4.55. The average Bonchev–Trinajstić information content (AvgIpc) is 2.89. The molecule has 1 N–H and O–H groups in total. The molecule has 0 saturated carbocycles. The quantitative estimate of drug-likeness (QED) is 0.0618. The summed E-state index contributed by atoms with van der Waals surface area (Å²) < 4.78 is 5.89. The van der Waals surface area contributed by atoms with Crippen molar-refractivity contribution in [2.45, 2.75) is 168 Å². The van der Waals surface area contributed by atoms with E-state index in [9.17, 15) is 9.59 Å². The van der Waals surface area contributed by atoms with Gasteiger partial charge in [0, 0.05) is 12.8 Å². The number of ether oxygens (including phenoxy) is 1. The zero-order valence-electron chi connectivity index (χ0n) is 25.0. The van der Waals surface area contributed by atoms with Crippen molar-refractivity contribution < 1.29 is 19.4 Å². The predicted molar refractivity (Wildman–Crippen MR) is 162 cm³/mol. The number of hydrogen-bond acceptors (Lipinski definition) is 3. The van der Waals surface area contributed by atoms with Crippen LogP contribution in [-0.2, 0) is 14.3 Å². The Hall–Kier alpha value is -1.84. The first-order chi connectivity index (χ1) is 18.6. The summed E-state index contributed by atoms with van der Waals surface area (Å²) in [6.07, 6.45) is 37.2. The minimum absolute atomic E-state index is 0.0302. The van der Waals surface area contributed by atoms with E-state index in [4.69, 9.17) is 9.84 Å². The zero-order valence-corrected chi connectivity index (χ0v) is 25.0. The molecule has 4 nitrogen and oxygen atoms in total. The fraction of sp³-hybridized carbons (Fsp3) is 0.765. The maximum atomic E-state index is 12.5. The summed E-state index contributed by atoms with van der Waals surface area (Å²) in [5.74, 6) is -0.751. The second-order valence-electron chi connectivity index (χ2n) is 10.6. The van der Waals surface area contributed by atoms with Gasteiger partial charge >= 0.3 is 11.9 Å². The number of esters is 1. The van der Waals surface area contributed by atoms with Crippen molar-refractivity contribution in [1.82, 2.24) is 0 Å². The highest BCUT2D eigenvalue weighted by Gasteiger charge is 2.14. The molecule has 0 aromatic rings. The predicted octanol–water partition coefficient (Wildman–Crippen LogP) is 10.7. The van der Waals surface area contributed by atoms with E-state index < -0.39 is 5.97 Å². The lowest BCUT2D eigenvalue weighted by molar-refractivity contribution is -0.150. The van der Waals surface area contributed by atoms with E-state index in [2.05, 4.69) is 50.3 Å². The van der Waals surface area contributed by atoms with Gasteiger partial charge in [0.2, 0.25) is 0 Å². The van der Waals surface area contributed by atoms with Gasteiger partial charge in [-0.3, -0.25) is 9.59 Å². The monoisotopic (exact) mass is 532 g/mol. The molecule has 0 rings (SSSR count). The van der Waals surface area contributed by atoms with Crippen LogP contribution < -0.4 is 0 Å². The van der Waals surface area contributed by atoms with Crippen LogP contribution in [0.5, 0.6) is 0 Å². The number of carboxylic acids is 1. The van der Waals surface area contributed by atoms with Crippen LogP contribution in [0.2, 0.25) is 0 Å². The molecule has 4 heteroatoms. The SMILES string of the molecule is CC/C=C\C/C=C\C/C=C\CCCCCCCC(=O)OC(CCCCCCCC)CCCCCCC(=O)O. The Morgan fingerprint density at radius 3 is 1.71 bits per heavy atom. The first-order valence-corrected chi connectivity index (χ1v) is 16.0. The Balaban J connectivity index is 3.96. The third-order valence-corrected chi connectivity index (χ3v) is 6.88. The highest BCUT2D eigenvalue weighted by atomic mass is 16.5. The number of carbonyl (C=O) groups is 2. The fourth-order valence-corrected chi connectivity index (χ4v) is 4.55.